The summed E-state index contributed by atoms with van der Waals surface area (Å²) in [6.45, 7) is 1.91. The zero-order valence-corrected chi connectivity index (χ0v) is 18.8. The van der Waals surface area contributed by atoms with Crippen molar-refractivity contribution in [2.24, 2.45) is 0 Å². The van der Waals surface area contributed by atoms with Crippen LogP contribution in [0.3, 0.4) is 0 Å². The van der Waals surface area contributed by atoms with Gasteiger partial charge in [-0.2, -0.15) is 8.78 Å². The summed E-state index contributed by atoms with van der Waals surface area (Å²) in [6.07, 6.45) is -4.75. The molecule has 0 aliphatic rings. The Hall–Kier alpha value is -4.32. The van der Waals surface area contributed by atoms with E-state index in [1.54, 1.807) is 12.1 Å². The lowest BCUT2D eigenvalue weighted by Gasteiger charge is -2.20. The van der Waals surface area contributed by atoms with Crippen molar-refractivity contribution in [1.29, 1.82) is 0 Å². The topological polar surface area (TPSA) is 9.23 Å². The van der Waals surface area contributed by atoms with Gasteiger partial charge in [-0.3, -0.25) is 0 Å². The highest BCUT2D eigenvalue weighted by Crippen LogP contribution is 2.38. The molecule has 0 N–H and O–H groups in total. The summed E-state index contributed by atoms with van der Waals surface area (Å²) in [7, 11) is 0. The first-order valence-electron chi connectivity index (χ1n) is 10.5. The van der Waals surface area contributed by atoms with E-state index < -0.39 is 57.9 Å². The minimum Gasteiger partial charge on any atom is -0.429 e. The average Bonchev–Trinajstić information content (AvgIpc) is 2.81. The maximum atomic E-state index is 14.7. The smallest absolute Gasteiger partial charge is 0.429 e. The number of benzene rings is 4. The van der Waals surface area contributed by atoms with Gasteiger partial charge in [-0.1, -0.05) is 35.6 Å². The van der Waals surface area contributed by atoms with Crippen LogP contribution in [0.1, 0.15) is 22.3 Å². The molecule has 0 atom stereocenters. The molecule has 4 aromatic rings. The maximum Gasteiger partial charge on any atom is 0.432 e. The summed E-state index contributed by atoms with van der Waals surface area (Å²) in [6, 6.07) is 12.0. The number of alkyl halides is 2. The summed E-state index contributed by atoms with van der Waals surface area (Å²) >= 11 is 0. The third-order valence-electron chi connectivity index (χ3n) is 5.22. The second kappa shape index (κ2) is 9.97. The van der Waals surface area contributed by atoms with Gasteiger partial charge in [-0.05, 0) is 48.9 Å². The van der Waals surface area contributed by atoms with Gasteiger partial charge in [0, 0.05) is 28.8 Å². The summed E-state index contributed by atoms with van der Waals surface area (Å²) in [4.78, 5) is 0. The van der Waals surface area contributed by atoms with E-state index in [-0.39, 0.29) is 23.3 Å². The molecule has 0 spiro atoms. The molecule has 0 fully saturated rings. The third kappa shape index (κ3) is 5.59. The molecule has 0 bridgehead atoms. The first kappa shape index (κ1) is 25.8. The summed E-state index contributed by atoms with van der Waals surface area (Å²) in [5, 5.41) is 0. The molecule has 4 aromatic carbocycles. The number of hydrogen-bond acceptors (Lipinski definition) is 1. The van der Waals surface area contributed by atoms with Crippen molar-refractivity contribution in [2.45, 2.75) is 13.0 Å². The van der Waals surface area contributed by atoms with Crippen LogP contribution in [-0.4, -0.2) is 0 Å². The molecular formula is C28H14F8O. The Morgan fingerprint density at radius 3 is 1.73 bits per heavy atom. The molecule has 0 radical (unpaired) electrons. The molecule has 0 saturated carbocycles. The lowest BCUT2D eigenvalue weighted by atomic mass is 10.0. The Bertz CT molecular complexity index is 1500. The molecule has 0 unspecified atom stereocenters. The fourth-order valence-corrected chi connectivity index (χ4v) is 3.41. The molecule has 0 aromatic heterocycles. The molecule has 4 rings (SSSR count). The standard InChI is InChI=1S/C28H14F8O/c1-15-2-4-16(5-3-15)6-7-17-8-9-20(21(29)10-17)18-11-22(30)26(23(31)12-18)28(35,36)37-19-13-24(32)27(34)25(33)14-19/h2-5,8-14H,1H3. The lowest BCUT2D eigenvalue weighted by Crippen LogP contribution is -2.25. The number of aryl methyl sites for hydroxylation is 1. The van der Waals surface area contributed by atoms with Crippen LogP contribution in [0.2, 0.25) is 0 Å². The van der Waals surface area contributed by atoms with Crippen LogP contribution in [0.25, 0.3) is 11.1 Å². The SMILES string of the molecule is Cc1ccc(C#Cc2ccc(-c3cc(F)c(C(F)(F)Oc4cc(F)c(F)c(F)c4)c(F)c3)c(F)c2)cc1. The molecule has 37 heavy (non-hydrogen) atoms. The van der Waals surface area contributed by atoms with Crippen molar-refractivity contribution in [3.05, 3.63) is 124 Å². The molecule has 0 aliphatic carbocycles. The predicted molar refractivity (Wildman–Crippen MR) is 120 cm³/mol. The van der Waals surface area contributed by atoms with E-state index in [1.807, 2.05) is 19.1 Å². The van der Waals surface area contributed by atoms with Crippen molar-refractivity contribution in [3.8, 4) is 28.7 Å². The molecule has 1 nitrogen and oxygen atoms in total. The van der Waals surface area contributed by atoms with Gasteiger partial charge in [0.25, 0.3) is 0 Å². The summed E-state index contributed by atoms with van der Waals surface area (Å²) in [5.74, 6) is -5.78. The van der Waals surface area contributed by atoms with E-state index in [0.717, 1.165) is 11.6 Å². The van der Waals surface area contributed by atoms with Crippen LogP contribution in [-0.2, 0) is 6.11 Å². The second-order valence-electron chi connectivity index (χ2n) is 7.95. The van der Waals surface area contributed by atoms with E-state index in [1.165, 1.54) is 12.1 Å². The number of hydrogen-bond donors (Lipinski definition) is 0. The van der Waals surface area contributed by atoms with Crippen LogP contribution in [0.5, 0.6) is 5.75 Å². The average molecular weight is 518 g/mol. The molecule has 0 saturated heterocycles. The highest BCUT2D eigenvalue weighted by atomic mass is 19.3. The zero-order valence-electron chi connectivity index (χ0n) is 18.8. The molecule has 0 heterocycles. The molecule has 188 valence electrons. The van der Waals surface area contributed by atoms with Gasteiger partial charge in [0.05, 0.1) is 0 Å². The van der Waals surface area contributed by atoms with Gasteiger partial charge in [0.2, 0.25) is 0 Å². The first-order valence-corrected chi connectivity index (χ1v) is 10.5. The van der Waals surface area contributed by atoms with Crippen molar-refractivity contribution in [3.63, 3.8) is 0 Å². The number of rotatable bonds is 4. The molecular weight excluding hydrogens is 504 g/mol. The zero-order chi connectivity index (χ0) is 26.9. The van der Waals surface area contributed by atoms with Gasteiger partial charge in [0.15, 0.2) is 17.5 Å². The van der Waals surface area contributed by atoms with Gasteiger partial charge in [-0.15, -0.1) is 0 Å². The Balaban J connectivity index is 1.62. The Labute approximate surface area is 205 Å². The van der Waals surface area contributed by atoms with Crippen LogP contribution in [0.4, 0.5) is 35.1 Å². The Morgan fingerprint density at radius 2 is 1.16 bits per heavy atom. The van der Waals surface area contributed by atoms with Gasteiger partial charge >= 0.3 is 6.11 Å². The largest absolute Gasteiger partial charge is 0.432 e. The van der Waals surface area contributed by atoms with E-state index in [4.69, 9.17) is 0 Å². The maximum absolute atomic E-state index is 14.7. The highest BCUT2D eigenvalue weighted by Gasteiger charge is 2.41. The van der Waals surface area contributed by atoms with Crippen LogP contribution in [0.15, 0.2) is 66.7 Å². The van der Waals surface area contributed by atoms with Crippen molar-refractivity contribution in [2.75, 3.05) is 0 Å². The normalized spacial score (nSPS) is 11.2. The summed E-state index contributed by atoms with van der Waals surface area (Å²) < 4.78 is 117. The van der Waals surface area contributed by atoms with E-state index in [2.05, 4.69) is 16.6 Å². The van der Waals surface area contributed by atoms with Crippen LogP contribution >= 0.6 is 0 Å². The monoisotopic (exact) mass is 518 g/mol. The van der Waals surface area contributed by atoms with E-state index in [0.29, 0.717) is 17.7 Å². The summed E-state index contributed by atoms with van der Waals surface area (Å²) in [5.41, 5.74) is -0.598. The van der Waals surface area contributed by atoms with E-state index in [9.17, 15) is 35.1 Å². The van der Waals surface area contributed by atoms with Gasteiger partial charge < -0.3 is 4.74 Å². The van der Waals surface area contributed by atoms with E-state index >= 15 is 0 Å². The van der Waals surface area contributed by atoms with Crippen molar-refractivity contribution < 1.29 is 39.9 Å². The Kier molecular flexibility index (Phi) is 6.94. The van der Waals surface area contributed by atoms with Crippen LogP contribution < -0.4 is 4.74 Å². The quantitative estimate of drug-likeness (QED) is 0.151. The van der Waals surface area contributed by atoms with Crippen LogP contribution in [0, 0.1) is 53.7 Å². The second-order valence-corrected chi connectivity index (χ2v) is 7.95. The minimum atomic E-state index is -4.75. The number of ether oxygens (including phenoxy) is 1. The lowest BCUT2D eigenvalue weighted by molar-refractivity contribution is -0.189. The fourth-order valence-electron chi connectivity index (χ4n) is 3.41. The van der Waals surface area contributed by atoms with Crippen molar-refractivity contribution >= 4 is 0 Å². The molecule has 9 heteroatoms. The predicted octanol–water partition coefficient (Wildman–Crippen LogP) is 8.02. The fraction of sp³-hybridized carbons (Fsp3) is 0.0714. The van der Waals surface area contributed by atoms with Crippen molar-refractivity contribution in [1.82, 2.24) is 0 Å². The number of halogens is 8. The highest BCUT2D eigenvalue weighted by molar-refractivity contribution is 5.66. The third-order valence-corrected chi connectivity index (χ3v) is 5.22. The molecule has 0 aliphatic heterocycles. The van der Waals surface area contributed by atoms with Gasteiger partial charge in [-0.25, -0.2) is 26.3 Å². The van der Waals surface area contributed by atoms with Gasteiger partial charge in [0.1, 0.15) is 28.8 Å². The molecule has 0 amide bonds. The Morgan fingerprint density at radius 1 is 0.622 bits per heavy atom. The minimum absolute atomic E-state index is 0.0924. The first-order chi connectivity index (χ1) is 17.4.